The quantitative estimate of drug-likeness (QED) is 0.424. The number of ether oxygens (including phenoxy) is 1. The third-order valence-electron chi connectivity index (χ3n) is 5.00. The van der Waals surface area contributed by atoms with Crippen molar-refractivity contribution in [2.75, 3.05) is 12.4 Å². The summed E-state index contributed by atoms with van der Waals surface area (Å²) < 4.78 is 6.93. The molecule has 0 aliphatic carbocycles. The topological polar surface area (TPSA) is 89.3 Å². The number of aryl methyl sites for hydroxylation is 3. The molecule has 0 amide bonds. The Morgan fingerprint density at radius 2 is 1.97 bits per heavy atom. The molecule has 0 aliphatic rings. The van der Waals surface area contributed by atoms with Crippen LogP contribution in [0, 0.1) is 20.8 Å². The molecule has 4 rings (SSSR count). The number of nitrogens with one attached hydrogen (secondary N) is 1. The van der Waals surface area contributed by atoms with Crippen molar-refractivity contribution in [3.63, 3.8) is 0 Å². The van der Waals surface area contributed by atoms with Crippen LogP contribution < -0.4 is 10.1 Å². The Hall–Kier alpha value is -3.65. The zero-order chi connectivity index (χ0) is 22.1. The first-order chi connectivity index (χ1) is 14.9. The van der Waals surface area contributed by atoms with Gasteiger partial charge in [0.15, 0.2) is 5.69 Å². The molecule has 31 heavy (non-hydrogen) atoms. The smallest absolute Gasteiger partial charge is 0.356 e. The Morgan fingerprint density at radius 1 is 1.16 bits per heavy atom. The maximum absolute atomic E-state index is 11.9. The normalized spacial score (nSPS) is 10.8. The number of rotatable bonds is 6. The largest absolute Gasteiger partial charge is 0.481 e. The van der Waals surface area contributed by atoms with Gasteiger partial charge in [-0.1, -0.05) is 12.1 Å². The van der Waals surface area contributed by atoms with Gasteiger partial charge in [0, 0.05) is 11.6 Å². The Balaban J connectivity index is 1.95. The number of hydrogen-bond acceptors (Lipinski definition) is 6. The van der Waals surface area contributed by atoms with Crippen molar-refractivity contribution in [3.05, 3.63) is 69.7 Å². The molecule has 1 aromatic carbocycles. The van der Waals surface area contributed by atoms with E-state index in [4.69, 9.17) is 9.84 Å². The highest BCUT2D eigenvalue weighted by molar-refractivity contribution is 7.08. The molecule has 0 saturated heterocycles. The highest BCUT2D eigenvalue weighted by Crippen LogP contribution is 2.37. The fourth-order valence-corrected chi connectivity index (χ4v) is 4.11. The number of carboxylic acids is 1. The summed E-state index contributed by atoms with van der Waals surface area (Å²) >= 11 is 1.59. The molecule has 3 heterocycles. The van der Waals surface area contributed by atoms with Gasteiger partial charge in [-0.3, -0.25) is 0 Å². The van der Waals surface area contributed by atoms with Crippen LogP contribution in [0.15, 0.2) is 47.2 Å². The number of carboxylic acid groups (broad SMARTS) is 1. The van der Waals surface area contributed by atoms with E-state index in [1.54, 1.807) is 23.5 Å². The molecule has 2 N–H and O–H groups in total. The number of methoxy groups -OCH3 is 1. The number of benzene rings is 1. The van der Waals surface area contributed by atoms with Crippen LogP contribution in [0.2, 0.25) is 0 Å². The molecular weight excluding hydrogens is 412 g/mol. The van der Waals surface area contributed by atoms with E-state index < -0.39 is 5.97 Å². The number of aromatic carboxylic acids is 1. The summed E-state index contributed by atoms with van der Waals surface area (Å²) in [6.45, 7) is 6.00. The minimum Gasteiger partial charge on any atom is -0.481 e. The second kappa shape index (κ2) is 8.23. The van der Waals surface area contributed by atoms with E-state index >= 15 is 0 Å². The average Bonchev–Trinajstić information content (AvgIpc) is 3.37. The van der Waals surface area contributed by atoms with Gasteiger partial charge in [-0.15, -0.1) is 0 Å². The maximum atomic E-state index is 11.9. The number of hydrogen-bond donors (Lipinski definition) is 2. The lowest BCUT2D eigenvalue weighted by atomic mass is 10.1. The van der Waals surface area contributed by atoms with E-state index in [0.717, 1.165) is 33.6 Å². The van der Waals surface area contributed by atoms with Crippen LogP contribution in [0.5, 0.6) is 5.88 Å². The summed E-state index contributed by atoms with van der Waals surface area (Å²) in [6, 6.07) is 11.5. The monoisotopic (exact) mass is 434 g/mol. The van der Waals surface area contributed by atoms with Crippen LogP contribution in [0.3, 0.4) is 0 Å². The number of aromatic nitrogens is 3. The van der Waals surface area contributed by atoms with E-state index in [1.807, 2.05) is 48.3 Å². The molecule has 8 heteroatoms. The zero-order valence-corrected chi connectivity index (χ0v) is 18.4. The lowest BCUT2D eigenvalue weighted by Crippen LogP contribution is -2.10. The number of thiophene rings is 1. The molecule has 0 spiro atoms. The molecule has 0 atom stereocenters. The van der Waals surface area contributed by atoms with Crippen molar-refractivity contribution in [1.29, 1.82) is 0 Å². The Morgan fingerprint density at radius 3 is 2.65 bits per heavy atom. The molecule has 4 aromatic rings. The second-order valence-corrected chi connectivity index (χ2v) is 7.98. The molecule has 0 fully saturated rings. The van der Waals surface area contributed by atoms with E-state index in [0.29, 0.717) is 11.5 Å². The number of anilines is 2. The third-order valence-corrected chi connectivity index (χ3v) is 5.68. The first-order valence-corrected chi connectivity index (χ1v) is 10.6. The van der Waals surface area contributed by atoms with Gasteiger partial charge < -0.3 is 15.2 Å². The summed E-state index contributed by atoms with van der Waals surface area (Å²) in [5, 5.41) is 21.9. The van der Waals surface area contributed by atoms with Crippen molar-refractivity contribution in [3.8, 4) is 22.7 Å². The highest BCUT2D eigenvalue weighted by atomic mass is 32.1. The zero-order valence-electron chi connectivity index (χ0n) is 17.6. The summed E-state index contributed by atoms with van der Waals surface area (Å²) in [7, 11) is 1.45. The van der Waals surface area contributed by atoms with Crippen LogP contribution >= 0.6 is 11.3 Å². The second-order valence-electron chi connectivity index (χ2n) is 7.20. The molecule has 0 bridgehead atoms. The van der Waals surface area contributed by atoms with Gasteiger partial charge in [-0.05, 0) is 66.4 Å². The Bertz CT molecular complexity index is 1260. The molecule has 3 aromatic heterocycles. The van der Waals surface area contributed by atoms with Gasteiger partial charge in [0.1, 0.15) is 5.82 Å². The van der Waals surface area contributed by atoms with E-state index in [9.17, 15) is 9.90 Å². The molecule has 0 aliphatic heterocycles. The minimum absolute atomic E-state index is 0.123. The molecule has 0 unspecified atom stereocenters. The first kappa shape index (κ1) is 20.6. The fraction of sp³-hybridized carbons (Fsp3) is 0.174. The standard InChI is InChI=1S/C23H22N4O3S/c1-13-5-6-14(2)18(11-13)27-22(20(15(3)26-27)16-9-10-31-12-16)24-17-7-8-19(30-4)25-21(17)23(28)29/h5-12,24H,1-4H3,(H,28,29). The number of pyridine rings is 1. The minimum atomic E-state index is -1.15. The Labute approximate surface area is 184 Å². The summed E-state index contributed by atoms with van der Waals surface area (Å²) in [6.07, 6.45) is 0. The SMILES string of the molecule is COc1ccc(Nc2c(-c3ccsc3)c(C)nn2-c2cc(C)ccc2C)c(C(=O)O)n1. The van der Waals surface area contributed by atoms with Crippen LogP contribution in [0.4, 0.5) is 11.5 Å². The molecular formula is C23H22N4O3S. The predicted octanol–water partition coefficient (Wildman–Crippen LogP) is 5.37. The highest BCUT2D eigenvalue weighted by Gasteiger charge is 2.22. The molecule has 0 radical (unpaired) electrons. The summed E-state index contributed by atoms with van der Waals surface area (Å²) in [5.74, 6) is -0.229. The predicted molar refractivity (Wildman–Crippen MR) is 122 cm³/mol. The van der Waals surface area contributed by atoms with E-state index in [2.05, 4.69) is 22.4 Å². The molecule has 7 nitrogen and oxygen atoms in total. The van der Waals surface area contributed by atoms with Gasteiger partial charge in [-0.25, -0.2) is 14.5 Å². The van der Waals surface area contributed by atoms with E-state index in [1.165, 1.54) is 7.11 Å². The van der Waals surface area contributed by atoms with Crippen molar-refractivity contribution < 1.29 is 14.6 Å². The molecule has 0 saturated carbocycles. The first-order valence-electron chi connectivity index (χ1n) is 9.64. The van der Waals surface area contributed by atoms with Gasteiger partial charge in [0.25, 0.3) is 0 Å². The summed E-state index contributed by atoms with van der Waals surface area (Å²) in [5.41, 5.74) is 6.08. The molecule has 158 valence electrons. The van der Waals surface area contributed by atoms with E-state index in [-0.39, 0.29) is 11.6 Å². The Kier molecular flexibility index (Phi) is 5.48. The van der Waals surface area contributed by atoms with Gasteiger partial charge in [0.05, 0.1) is 24.2 Å². The van der Waals surface area contributed by atoms with Crippen molar-refractivity contribution in [2.24, 2.45) is 0 Å². The number of nitrogens with zero attached hydrogens (tertiary/aromatic N) is 3. The maximum Gasteiger partial charge on any atom is 0.356 e. The fourth-order valence-electron chi connectivity index (χ4n) is 3.46. The summed E-state index contributed by atoms with van der Waals surface area (Å²) in [4.78, 5) is 16.0. The van der Waals surface area contributed by atoms with Crippen LogP contribution in [-0.2, 0) is 0 Å². The van der Waals surface area contributed by atoms with Crippen LogP contribution in [-0.4, -0.2) is 33.0 Å². The van der Waals surface area contributed by atoms with Gasteiger partial charge in [-0.2, -0.15) is 16.4 Å². The average molecular weight is 435 g/mol. The van der Waals surface area contributed by atoms with Crippen molar-refractivity contribution >= 4 is 28.8 Å². The lowest BCUT2D eigenvalue weighted by Gasteiger charge is -2.15. The van der Waals surface area contributed by atoms with Crippen molar-refractivity contribution in [2.45, 2.75) is 20.8 Å². The van der Waals surface area contributed by atoms with Gasteiger partial charge in [0.2, 0.25) is 5.88 Å². The lowest BCUT2D eigenvalue weighted by molar-refractivity contribution is 0.0690. The van der Waals surface area contributed by atoms with Gasteiger partial charge >= 0.3 is 5.97 Å². The van der Waals surface area contributed by atoms with Crippen LogP contribution in [0.1, 0.15) is 27.3 Å². The van der Waals surface area contributed by atoms with Crippen molar-refractivity contribution in [1.82, 2.24) is 14.8 Å². The van der Waals surface area contributed by atoms with Crippen LogP contribution in [0.25, 0.3) is 16.8 Å². The third kappa shape index (κ3) is 3.89. The number of carbonyl (C=O) groups is 1.